The number of aliphatic hydroxyl groups excluding tert-OH is 1. The molecule has 0 aliphatic heterocycles. The van der Waals surface area contributed by atoms with Gasteiger partial charge < -0.3 is 14.6 Å². The van der Waals surface area contributed by atoms with Crippen molar-refractivity contribution in [2.75, 3.05) is 25.6 Å². The Kier molecular flexibility index (Phi) is 6.32. The minimum atomic E-state index is -0.285. The smallest absolute Gasteiger partial charge is 0.257 e. The van der Waals surface area contributed by atoms with Crippen LogP contribution in [0.25, 0.3) is 0 Å². The average Bonchev–Trinajstić information content (AvgIpc) is 3.04. The van der Waals surface area contributed by atoms with Crippen LogP contribution in [0, 0.1) is 0 Å². The molecule has 22 heavy (non-hydrogen) atoms. The van der Waals surface area contributed by atoms with E-state index in [-0.39, 0.29) is 12.5 Å². The molecule has 0 spiro atoms. The van der Waals surface area contributed by atoms with Crippen LogP contribution in [0.15, 0.2) is 29.8 Å². The van der Waals surface area contributed by atoms with Crippen LogP contribution in [0.2, 0.25) is 0 Å². The maximum Gasteiger partial charge on any atom is 0.257 e. The van der Waals surface area contributed by atoms with Gasteiger partial charge in [0.2, 0.25) is 0 Å². The van der Waals surface area contributed by atoms with Crippen LogP contribution >= 0.6 is 11.3 Å². The Bertz CT molecular complexity index is 602. The van der Waals surface area contributed by atoms with Crippen molar-refractivity contribution in [2.24, 2.45) is 0 Å². The zero-order valence-corrected chi connectivity index (χ0v) is 13.1. The molecule has 7 heteroatoms. The molecular weight excluding hydrogens is 304 g/mol. The zero-order chi connectivity index (χ0) is 15.8. The standard InChI is InChI=1S/C15H18N2O4S/c1-20-4-2-5-21-13-8-11(10-18)7-12(9-13)14(19)17-15-16-3-6-22-15/h3,6-9,18H,2,4-5,10H2,1H3,(H,16,17,19). The predicted molar refractivity (Wildman–Crippen MR) is 84.4 cm³/mol. The molecule has 118 valence electrons. The highest BCUT2D eigenvalue weighted by molar-refractivity contribution is 7.13. The molecule has 2 rings (SSSR count). The lowest BCUT2D eigenvalue weighted by molar-refractivity contribution is 0.102. The molecule has 0 atom stereocenters. The third-order valence-corrected chi connectivity index (χ3v) is 3.51. The Morgan fingerprint density at radius 2 is 2.23 bits per heavy atom. The molecule has 2 N–H and O–H groups in total. The van der Waals surface area contributed by atoms with Crippen molar-refractivity contribution in [3.8, 4) is 5.75 Å². The maximum atomic E-state index is 12.2. The lowest BCUT2D eigenvalue weighted by atomic mass is 10.1. The molecule has 0 aliphatic rings. The number of benzene rings is 1. The van der Waals surface area contributed by atoms with E-state index in [0.717, 1.165) is 6.42 Å². The van der Waals surface area contributed by atoms with Crippen LogP contribution in [0.1, 0.15) is 22.3 Å². The number of aromatic nitrogens is 1. The van der Waals surface area contributed by atoms with E-state index in [4.69, 9.17) is 9.47 Å². The molecule has 2 aromatic rings. The van der Waals surface area contributed by atoms with Crippen molar-refractivity contribution in [3.63, 3.8) is 0 Å². The molecule has 0 unspecified atom stereocenters. The number of amides is 1. The van der Waals surface area contributed by atoms with Crippen molar-refractivity contribution in [1.29, 1.82) is 0 Å². The van der Waals surface area contributed by atoms with Crippen LogP contribution in [-0.2, 0) is 11.3 Å². The first kappa shape index (κ1) is 16.4. The number of rotatable bonds is 8. The summed E-state index contributed by atoms with van der Waals surface area (Å²) in [5.74, 6) is 0.263. The van der Waals surface area contributed by atoms with Gasteiger partial charge in [0.05, 0.1) is 13.2 Å². The van der Waals surface area contributed by atoms with Gasteiger partial charge in [-0.05, 0) is 23.8 Å². The SMILES string of the molecule is COCCCOc1cc(CO)cc(C(=O)Nc2nccs2)c1. The molecule has 0 radical (unpaired) electrons. The number of aliphatic hydroxyl groups is 1. The Morgan fingerprint density at radius 3 is 2.91 bits per heavy atom. The fourth-order valence-electron chi connectivity index (χ4n) is 1.81. The second-order valence-corrected chi connectivity index (χ2v) is 5.40. The van der Waals surface area contributed by atoms with E-state index in [1.807, 2.05) is 0 Å². The second-order valence-electron chi connectivity index (χ2n) is 4.51. The highest BCUT2D eigenvalue weighted by atomic mass is 32.1. The fourth-order valence-corrected chi connectivity index (χ4v) is 2.34. The summed E-state index contributed by atoms with van der Waals surface area (Å²) in [5, 5.41) is 14.3. The van der Waals surface area contributed by atoms with Crippen molar-refractivity contribution in [2.45, 2.75) is 13.0 Å². The van der Waals surface area contributed by atoms with E-state index in [1.54, 1.807) is 36.9 Å². The first-order chi connectivity index (χ1) is 10.7. The van der Waals surface area contributed by atoms with Gasteiger partial charge in [0.1, 0.15) is 5.75 Å². The quantitative estimate of drug-likeness (QED) is 0.729. The van der Waals surface area contributed by atoms with E-state index in [2.05, 4.69) is 10.3 Å². The Balaban J connectivity index is 2.07. The van der Waals surface area contributed by atoms with E-state index in [0.29, 0.717) is 35.2 Å². The largest absolute Gasteiger partial charge is 0.493 e. The number of ether oxygens (including phenoxy) is 2. The third-order valence-electron chi connectivity index (χ3n) is 2.83. The molecule has 0 aliphatic carbocycles. The number of carbonyl (C=O) groups excluding carboxylic acids is 1. The number of carbonyl (C=O) groups is 1. The van der Waals surface area contributed by atoms with E-state index in [1.165, 1.54) is 11.3 Å². The molecule has 1 amide bonds. The molecule has 1 aromatic heterocycles. The van der Waals surface area contributed by atoms with Gasteiger partial charge in [0.15, 0.2) is 5.13 Å². The van der Waals surface area contributed by atoms with Crippen molar-refractivity contribution in [1.82, 2.24) is 4.98 Å². The summed E-state index contributed by atoms with van der Waals surface area (Å²) in [6.45, 7) is 0.931. The van der Waals surface area contributed by atoms with Gasteiger partial charge in [-0.1, -0.05) is 0 Å². The van der Waals surface area contributed by atoms with Gasteiger partial charge in [-0.25, -0.2) is 4.98 Å². The molecule has 0 fully saturated rings. The lowest BCUT2D eigenvalue weighted by Gasteiger charge is -2.10. The monoisotopic (exact) mass is 322 g/mol. The predicted octanol–water partition coefficient (Wildman–Crippen LogP) is 2.30. The average molecular weight is 322 g/mol. The highest BCUT2D eigenvalue weighted by Gasteiger charge is 2.11. The molecule has 0 bridgehead atoms. The number of hydrogen-bond donors (Lipinski definition) is 2. The van der Waals surface area contributed by atoms with Crippen LogP contribution < -0.4 is 10.1 Å². The molecule has 6 nitrogen and oxygen atoms in total. The molecule has 0 saturated carbocycles. The summed E-state index contributed by atoms with van der Waals surface area (Å²) in [4.78, 5) is 16.2. The summed E-state index contributed by atoms with van der Waals surface area (Å²) in [5.41, 5.74) is 1.04. The molecule has 1 aromatic carbocycles. The van der Waals surface area contributed by atoms with Gasteiger partial charge in [0, 0.05) is 37.3 Å². The van der Waals surface area contributed by atoms with Gasteiger partial charge in [-0.2, -0.15) is 0 Å². The van der Waals surface area contributed by atoms with E-state index < -0.39 is 0 Å². The number of nitrogens with zero attached hydrogens (tertiary/aromatic N) is 1. The highest BCUT2D eigenvalue weighted by Crippen LogP contribution is 2.20. The minimum absolute atomic E-state index is 0.160. The number of anilines is 1. The maximum absolute atomic E-state index is 12.2. The van der Waals surface area contributed by atoms with Crippen LogP contribution in [0.5, 0.6) is 5.75 Å². The summed E-state index contributed by atoms with van der Waals surface area (Å²) in [6.07, 6.45) is 2.37. The number of hydrogen-bond acceptors (Lipinski definition) is 6. The van der Waals surface area contributed by atoms with Crippen LogP contribution in [-0.4, -0.2) is 36.3 Å². The summed E-state index contributed by atoms with van der Waals surface area (Å²) >= 11 is 1.34. The fraction of sp³-hybridized carbons (Fsp3) is 0.333. The van der Waals surface area contributed by atoms with Crippen molar-refractivity contribution >= 4 is 22.4 Å². The minimum Gasteiger partial charge on any atom is -0.493 e. The topological polar surface area (TPSA) is 80.7 Å². The zero-order valence-electron chi connectivity index (χ0n) is 12.2. The first-order valence-electron chi connectivity index (χ1n) is 6.80. The van der Waals surface area contributed by atoms with Crippen molar-refractivity contribution < 1.29 is 19.4 Å². The van der Waals surface area contributed by atoms with Crippen LogP contribution in [0.3, 0.4) is 0 Å². The number of methoxy groups -OCH3 is 1. The molecule has 0 saturated heterocycles. The second kappa shape index (κ2) is 8.47. The Morgan fingerprint density at radius 1 is 1.36 bits per heavy atom. The molecular formula is C15H18N2O4S. The molecule has 1 heterocycles. The number of nitrogens with one attached hydrogen (secondary N) is 1. The van der Waals surface area contributed by atoms with Crippen LogP contribution in [0.4, 0.5) is 5.13 Å². The lowest BCUT2D eigenvalue weighted by Crippen LogP contribution is -2.12. The van der Waals surface area contributed by atoms with Gasteiger partial charge in [-0.3, -0.25) is 10.1 Å². The normalized spacial score (nSPS) is 10.5. The number of thiazole rings is 1. The van der Waals surface area contributed by atoms with Gasteiger partial charge in [-0.15, -0.1) is 11.3 Å². The summed E-state index contributed by atoms with van der Waals surface area (Å²) < 4.78 is 10.5. The Labute approximate surface area is 132 Å². The Hall–Kier alpha value is -1.96. The summed E-state index contributed by atoms with van der Waals surface area (Å²) in [6, 6.07) is 4.99. The van der Waals surface area contributed by atoms with Gasteiger partial charge in [0.25, 0.3) is 5.91 Å². The third kappa shape index (κ3) is 4.80. The van der Waals surface area contributed by atoms with Gasteiger partial charge >= 0.3 is 0 Å². The summed E-state index contributed by atoms with van der Waals surface area (Å²) in [7, 11) is 1.63. The van der Waals surface area contributed by atoms with E-state index >= 15 is 0 Å². The van der Waals surface area contributed by atoms with Crippen molar-refractivity contribution in [3.05, 3.63) is 40.9 Å². The first-order valence-corrected chi connectivity index (χ1v) is 7.68. The van der Waals surface area contributed by atoms with E-state index in [9.17, 15) is 9.90 Å².